The van der Waals surface area contributed by atoms with Crippen LogP contribution in [0.1, 0.15) is 0 Å². The van der Waals surface area contributed by atoms with Crippen molar-refractivity contribution < 1.29 is 0 Å². The van der Waals surface area contributed by atoms with Gasteiger partial charge in [0.2, 0.25) is 0 Å². The highest BCUT2D eigenvalue weighted by molar-refractivity contribution is 7.99. The van der Waals surface area contributed by atoms with Crippen LogP contribution in [0, 0.1) is 0 Å². The van der Waals surface area contributed by atoms with E-state index in [-0.39, 0.29) is 0 Å². The summed E-state index contributed by atoms with van der Waals surface area (Å²) >= 11 is 19.6. The lowest BCUT2D eigenvalue weighted by Crippen LogP contribution is -2.03. The van der Waals surface area contributed by atoms with E-state index in [4.69, 9.17) is 34.8 Å². The van der Waals surface area contributed by atoms with Crippen LogP contribution >= 0.6 is 46.6 Å². The van der Waals surface area contributed by atoms with E-state index in [0.717, 1.165) is 32.9 Å². The Kier molecular flexibility index (Phi) is 5.71. The standard InChI is InChI=1S/C14H12Cl3NS/c15-10-2-1-3-12(8-10)18-6-7-19-14-9-11(16)4-5-13(14)17/h1-5,8-9,18H,6-7H2. The number of hydrogen-bond acceptors (Lipinski definition) is 2. The van der Waals surface area contributed by atoms with Crippen LogP contribution in [0.25, 0.3) is 0 Å². The lowest BCUT2D eigenvalue weighted by Gasteiger charge is -2.07. The van der Waals surface area contributed by atoms with Gasteiger partial charge in [-0.1, -0.05) is 40.9 Å². The van der Waals surface area contributed by atoms with Crippen molar-refractivity contribution in [2.75, 3.05) is 17.6 Å². The minimum Gasteiger partial charge on any atom is -0.384 e. The first-order valence-electron chi connectivity index (χ1n) is 5.72. The summed E-state index contributed by atoms with van der Waals surface area (Å²) in [4.78, 5) is 1.00. The topological polar surface area (TPSA) is 12.0 Å². The van der Waals surface area contributed by atoms with Crippen molar-refractivity contribution in [2.45, 2.75) is 4.90 Å². The van der Waals surface area contributed by atoms with E-state index in [9.17, 15) is 0 Å². The van der Waals surface area contributed by atoms with E-state index >= 15 is 0 Å². The Hall–Kier alpha value is -0.540. The molecule has 5 heteroatoms. The average Bonchev–Trinajstić information content (AvgIpc) is 2.39. The van der Waals surface area contributed by atoms with Crippen LogP contribution in [0.3, 0.4) is 0 Å². The number of hydrogen-bond donors (Lipinski definition) is 1. The molecule has 0 aromatic heterocycles. The lowest BCUT2D eigenvalue weighted by molar-refractivity contribution is 1.22. The van der Waals surface area contributed by atoms with Crippen molar-refractivity contribution in [1.29, 1.82) is 0 Å². The molecule has 19 heavy (non-hydrogen) atoms. The van der Waals surface area contributed by atoms with Gasteiger partial charge in [-0.05, 0) is 36.4 Å². The summed E-state index contributed by atoms with van der Waals surface area (Å²) in [6.45, 7) is 0.827. The van der Waals surface area contributed by atoms with Crippen LogP contribution in [0.2, 0.25) is 15.1 Å². The van der Waals surface area contributed by atoms with E-state index in [1.807, 2.05) is 36.4 Å². The van der Waals surface area contributed by atoms with Gasteiger partial charge in [-0.3, -0.25) is 0 Å². The molecule has 0 bridgehead atoms. The third-order valence-corrected chi connectivity index (χ3v) is 4.38. The predicted molar refractivity (Wildman–Crippen MR) is 87.1 cm³/mol. The fourth-order valence-electron chi connectivity index (χ4n) is 1.54. The van der Waals surface area contributed by atoms with Crippen LogP contribution in [0.5, 0.6) is 0 Å². The van der Waals surface area contributed by atoms with E-state index in [0.29, 0.717) is 5.02 Å². The van der Waals surface area contributed by atoms with Crippen molar-refractivity contribution in [2.24, 2.45) is 0 Å². The van der Waals surface area contributed by atoms with Crippen molar-refractivity contribution in [3.63, 3.8) is 0 Å². The Bertz CT molecular complexity index is 560. The van der Waals surface area contributed by atoms with Gasteiger partial charge in [-0.2, -0.15) is 0 Å². The zero-order valence-electron chi connectivity index (χ0n) is 10.00. The van der Waals surface area contributed by atoms with Gasteiger partial charge in [0.25, 0.3) is 0 Å². The Morgan fingerprint density at radius 3 is 2.53 bits per heavy atom. The van der Waals surface area contributed by atoms with E-state index in [1.54, 1.807) is 17.8 Å². The zero-order valence-corrected chi connectivity index (χ0v) is 13.1. The van der Waals surface area contributed by atoms with Gasteiger partial charge in [0.05, 0.1) is 5.02 Å². The summed E-state index contributed by atoms with van der Waals surface area (Å²) in [5.74, 6) is 0.895. The van der Waals surface area contributed by atoms with Crippen molar-refractivity contribution >= 4 is 52.3 Å². The molecule has 0 saturated carbocycles. The van der Waals surface area contributed by atoms with E-state index in [1.165, 1.54) is 0 Å². The molecule has 100 valence electrons. The Balaban J connectivity index is 1.82. The maximum absolute atomic E-state index is 6.10. The monoisotopic (exact) mass is 331 g/mol. The molecule has 0 amide bonds. The summed E-state index contributed by atoms with van der Waals surface area (Å²) in [7, 11) is 0. The minimum atomic E-state index is 0.703. The number of thioether (sulfide) groups is 1. The maximum Gasteiger partial charge on any atom is 0.0542 e. The molecule has 0 aliphatic carbocycles. The van der Waals surface area contributed by atoms with Crippen LogP contribution in [0.4, 0.5) is 5.69 Å². The molecular formula is C14H12Cl3NS. The SMILES string of the molecule is Clc1cccc(NCCSc2cc(Cl)ccc2Cl)c1. The van der Waals surface area contributed by atoms with Gasteiger partial charge < -0.3 is 5.32 Å². The first-order chi connectivity index (χ1) is 9.15. The highest BCUT2D eigenvalue weighted by atomic mass is 35.5. The smallest absolute Gasteiger partial charge is 0.0542 e. The Morgan fingerprint density at radius 1 is 0.947 bits per heavy atom. The molecule has 2 rings (SSSR count). The molecule has 1 N–H and O–H groups in total. The van der Waals surface area contributed by atoms with Crippen molar-refractivity contribution in [1.82, 2.24) is 0 Å². The van der Waals surface area contributed by atoms with Gasteiger partial charge in [0, 0.05) is 32.9 Å². The maximum atomic E-state index is 6.10. The quantitative estimate of drug-likeness (QED) is 0.544. The molecule has 0 atom stereocenters. The second-order valence-electron chi connectivity index (χ2n) is 3.86. The molecule has 0 fully saturated rings. The van der Waals surface area contributed by atoms with Gasteiger partial charge in [0.1, 0.15) is 0 Å². The molecule has 2 aromatic carbocycles. The van der Waals surface area contributed by atoms with Crippen LogP contribution in [-0.4, -0.2) is 12.3 Å². The summed E-state index contributed by atoms with van der Waals surface area (Å²) < 4.78 is 0. The molecule has 0 heterocycles. The fourth-order valence-corrected chi connectivity index (χ4v) is 3.09. The van der Waals surface area contributed by atoms with Crippen LogP contribution in [-0.2, 0) is 0 Å². The number of benzene rings is 2. The zero-order chi connectivity index (χ0) is 13.7. The molecule has 0 unspecified atom stereocenters. The molecule has 0 aliphatic heterocycles. The highest BCUT2D eigenvalue weighted by Crippen LogP contribution is 2.29. The lowest BCUT2D eigenvalue weighted by atomic mass is 10.3. The molecule has 0 radical (unpaired) electrons. The van der Waals surface area contributed by atoms with Crippen LogP contribution < -0.4 is 5.32 Å². The molecule has 0 aliphatic rings. The third kappa shape index (κ3) is 4.81. The normalized spacial score (nSPS) is 10.5. The molecule has 2 aromatic rings. The van der Waals surface area contributed by atoms with Gasteiger partial charge >= 0.3 is 0 Å². The van der Waals surface area contributed by atoms with Gasteiger partial charge in [0.15, 0.2) is 0 Å². The average molecular weight is 333 g/mol. The number of rotatable bonds is 5. The molecule has 0 spiro atoms. The fraction of sp³-hybridized carbons (Fsp3) is 0.143. The van der Waals surface area contributed by atoms with E-state index < -0.39 is 0 Å². The Labute approximate surface area is 132 Å². The van der Waals surface area contributed by atoms with E-state index in [2.05, 4.69) is 5.32 Å². The third-order valence-electron chi connectivity index (χ3n) is 2.41. The van der Waals surface area contributed by atoms with Gasteiger partial charge in [-0.15, -0.1) is 11.8 Å². The number of halogens is 3. The minimum absolute atomic E-state index is 0.703. The molecular weight excluding hydrogens is 321 g/mol. The van der Waals surface area contributed by atoms with Crippen molar-refractivity contribution in [3.05, 3.63) is 57.5 Å². The molecule has 0 saturated heterocycles. The summed E-state index contributed by atoms with van der Waals surface area (Å²) in [6, 6.07) is 13.2. The summed E-state index contributed by atoms with van der Waals surface area (Å²) in [5, 5.41) is 5.48. The second kappa shape index (κ2) is 7.30. The summed E-state index contributed by atoms with van der Waals surface area (Å²) in [5.41, 5.74) is 1.02. The first kappa shape index (κ1) is 14.9. The first-order valence-corrected chi connectivity index (χ1v) is 7.84. The van der Waals surface area contributed by atoms with Crippen LogP contribution in [0.15, 0.2) is 47.4 Å². The predicted octanol–water partition coefficient (Wildman–Crippen LogP) is 5.85. The largest absolute Gasteiger partial charge is 0.384 e. The highest BCUT2D eigenvalue weighted by Gasteiger charge is 2.02. The molecule has 1 nitrogen and oxygen atoms in total. The van der Waals surface area contributed by atoms with Gasteiger partial charge in [-0.25, -0.2) is 0 Å². The summed E-state index contributed by atoms with van der Waals surface area (Å²) in [6.07, 6.45) is 0. The number of nitrogens with one attached hydrogen (secondary N) is 1. The number of anilines is 1. The Morgan fingerprint density at radius 2 is 1.74 bits per heavy atom. The van der Waals surface area contributed by atoms with Crippen molar-refractivity contribution in [3.8, 4) is 0 Å². The second-order valence-corrected chi connectivity index (χ2v) is 6.28.